The number of hydrogen-bond acceptors (Lipinski definition) is 4. The van der Waals surface area contributed by atoms with Gasteiger partial charge in [0.15, 0.2) is 0 Å². The number of sulfonamides is 1. The van der Waals surface area contributed by atoms with Crippen molar-refractivity contribution >= 4 is 21.6 Å². The zero-order valence-electron chi connectivity index (χ0n) is 15.7. The highest BCUT2D eigenvalue weighted by Gasteiger charge is 2.29. The molecule has 0 aromatic heterocycles. The maximum Gasteiger partial charge on any atom is 0.253 e. The van der Waals surface area contributed by atoms with Gasteiger partial charge in [0.25, 0.3) is 5.91 Å². The topological polar surface area (TPSA) is 75.7 Å². The minimum absolute atomic E-state index is 0.0656. The molecule has 1 heterocycles. The second-order valence-corrected chi connectivity index (χ2v) is 8.63. The van der Waals surface area contributed by atoms with Crippen LogP contribution in [-0.4, -0.2) is 40.1 Å². The van der Waals surface area contributed by atoms with Gasteiger partial charge in [-0.15, -0.1) is 0 Å². The lowest BCUT2D eigenvalue weighted by molar-refractivity contribution is -0.129. The predicted molar refractivity (Wildman–Crippen MR) is 104 cm³/mol. The zero-order valence-corrected chi connectivity index (χ0v) is 16.5. The number of benzene rings is 2. The van der Waals surface area contributed by atoms with Crippen LogP contribution in [-0.2, 0) is 19.6 Å². The summed E-state index contributed by atoms with van der Waals surface area (Å²) in [6, 6.07) is 12.9. The molecule has 2 aromatic rings. The number of morpholine rings is 1. The monoisotopic (exact) mass is 388 g/mol. The fraction of sp³-hybridized carbons (Fsp3) is 0.350. The van der Waals surface area contributed by atoms with Gasteiger partial charge in [0.1, 0.15) is 6.61 Å². The average molecular weight is 388 g/mol. The highest BCUT2D eigenvalue weighted by molar-refractivity contribution is 7.89. The molecule has 1 atom stereocenters. The molecule has 1 N–H and O–H groups in total. The van der Waals surface area contributed by atoms with Crippen LogP contribution < -0.4 is 9.62 Å². The highest BCUT2D eigenvalue weighted by atomic mass is 32.2. The Balaban J connectivity index is 1.68. The van der Waals surface area contributed by atoms with E-state index in [0.717, 1.165) is 16.8 Å². The largest absolute Gasteiger partial charge is 0.365 e. The van der Waals surface area contributed by atoms with Gasteiger partial charge in [-0.2, -0.15) is 0 Å². The Morgan fingerprint density at radius 1 is 1.07 bits per heavy atom. The van der Waals surface area contributed by atoms with Crippen LogP contribution in [0.1, 0.15) is 16.7 Å². The minimum Gasteiger partial charge on any atom is -0.365 e. The van der Waals surface area contributed by atoms with E-state index in [9.17, 15) is 13.2 Å². The maximum atomic E-state index is 12.6. The number of nitrogens with one attached hydrogen (secondary N) is 1. The molecule has 7 heteroatoms. The minimum atomic E-state index is -3.64. The number of rotatable bonds is 5. The summed E-state index contributed by atoms with van der Waals surface area (Å²) in [4.78, 5) is 14.1. The van der Waals surface area contributed by atoms with Crippen molar-refractivity contribution < 1.29 is 17.9 Å². The number of anilines is 1. The second-order valence-electron chi connectivity index (χ2n) is 6.89. The Kier molecular flexibility index (Phi) is 5.64. The fourth-order valence-corrected chi connectivity index (χ4v) is 4.39. The van der Waals surface area contributed by atoms with Gasteiger partial charge in [0, 0.05) is 12.2 Å². The van der Waals surface area contributed by atoms with Crippen LogP contribution in [0.4, 0.5) is 5.69 Å². The molecule has 1 aliphatic rings. The third kappa shape index (κ3) is 4.55. The van der Waals surface area contributed by atoms with Crippen LogP contribution in [0.2, 0.25) is 0 Å². The summed E-state index contributed by atoms with van der Waals surface area (Å²) in [5.41, 5.74) is 3.60. The Morgan fingerprint density at radius 2 is 1.74 bits per heavy atom. The van der Waals surface area contributed by atoms with Gasteiger partial charge in [0.2, 0.25) is 10.0 Å². The van der Waals surface area contributed by atoms with Crippen LogP contribution >= 0.6 is 0 Å². The van der Waals surface area contributed by atoms with Crippen molar-refractivity contribution in [1.82, 2.24) is 4.72 Å². The average Bonchev–Trinajstić information content (AvgIpc) is 2.61. The maximum absolute atomic E-state index is 12.6. The van der Waals surface area contributed by atoms with E-state index in [0.29, 0.717) is 12.1 Å². The number of amides is 1. The molecule has 0 bridgehead atoms. The summed E-state index contributed by atoms with van der Waals surface area (Å²) < 4.78 is 33.4. The van der Waals surface area contributed by atoms with Gasteiger partial charge in [-0.25, -0.2) is 13.1 Å². The molecule has 0 saturated carbocycles. The number of carbonyl (C=O) groups excluding carboxylic acids is 1. The van der Waals surface area contributed by atoms with Gasteiger partial charge < -0.3 is 9.64 Å². The molecule has 1 fully saturated rings. The standard InChI is InChI=1S/C20H24N2O4S/c1-14-4-7-17(8-5-14)22-12-18(26-13-20(22)23)11-21-27(24,25)19-9-6-15(2)10-16(19)3/h4-10,18,21H,11-13H2,1-3H3. The Labute approximate surface area is 160 Å². The van der Waals surface area contributed by atoms with E-state index in [1.54, 1.807) is 24.0 Å². The predicted octanol–water partition coefficient (Wildman–Crippen LogP) is 2.32. The van der Waals surface area contributed by atoms with Gasteiger partial charge in [0.05, 0.1) is 17.5 Å². The summed E-state index contributed by atoms with van der Waals surface area (Å²) in [6.07, 6.45) is -0.412. The first-order valence-electron chi connectivity index (χ1n) is 8.82. The summed E-state index contributed by atoms with van der Waals surface area (Å²) in [7, 11) is -3.64. The van der Waals surface area contributed by atoms with Crippen LogP contribution in [0.5, 0.6) is 0 Å². The first kappa shape index (κ1) is 19.5. The van der Waals surface area contributed by atoms with Crippen LogP contribution in [0.3, 0.4) is 0 Å². The van der Waals surface area contributed by atoms with Gasteiger partial charge in [-0.1, -0.05) is 35.4 Å². The summed E-state index contributed by atoms with van der Waals surface area (Å²) in [5, 5.41) is 0. The third-order valence-electron chi connectivity index (χ3n) is 4.60. The van der Waals surface area contributed by atoms with Crippen LogP contribution in [0.15, 0.2) is 47.4 Å². The molecule has 0 spiro atoms. The fourth-order valence-electron chi connectivity index (χ4n) is 3.10. The molecule has 3 rings (SSSR count). The van der Waals surface area contributed by atoms with Crippen LogP contribution in [0.25, 0.3) is 0 Å². The molecule has 1 amide bonds. The van der Waals surface area contributed by atoms with Crippen LogP contribution in [0, 0.1) is 20.8 Å². The highest BCUT2D eigenvalue weighted by Crippen LogP contribution is 2.20. The molecule has 144 valence electrons. The van der Waals surface area contributed by atoms with Crippen molar-refractivity contribution in [1.29, 1.82) is 0 Å². The van der Waals surface area contributed by atoms with E-state index in [1.807, 2.05) is 44.2 Å². The molecule has 0 aliphatic carbocycles. The Morgan fingerprint density at radius 3 is 2.41 bits per heavy atom. The van der Waals surface area contributed by atoms with Crippen molar-refractivity contribution in [3.63, 3.8) is 0 Å². The molecule has 1 saturated heterocycles. The number of carbonyl (C=O) groups is 1. The number of ether oxygens (including phenoxy) is 1. The Hall–Kier alpha value is -2.22. The molecule has 6 nitrogen and oxygen atoms in total. The zero-order chi connectivity index (χ0) is 19.6. The van der Waals surface area contributed by atoms with Gasteiger partial charge >= 0.3 is 0 Å². The molecular formula is C20H24N2O4S. The SMILES string of the molecule is Cc1ccc(N2CC(CNS(=O)(=O)c3ccc(C)cc3C)OCC2=O)cc1. The van der Waals surface area contributed by atoms with Crippen molar-refractivity contribution in [2.45, 2.75) is 31.8 Å². The molecule has 27 heavy (non-hydrogen) atoms. The summed E-state index contributed by atoms with van der Waals surface area (Å²) >= 11 is 0. The normalized spacial score (nSPS) is 18.0. The molecule has 2 aromatic carbocycles. The van der Waals surface area contributed by atoms with E-state index >= 15 is 0 Å². The molecule has 1 aliphatic heterocycles. The van der Waals surface area contributed by atoms with E-state index in [2.05, 4.69) is 4.72 Å². The first-order valence-corrected chi connectivity index (χ1v) is 10.3. The molecule has 1 unspecified atom stereocenters. The number of aryl methyl sites for hydroxylation is 3. The second kappa shape index (κ2) is 7.80. The lowest BCUT2D eigenvalue weighted by Crippen LogP contribution is -2.50. The lowest BCUT2D eigenvalue weighted by Gasteiger charge is -2.33. The van der Waals surface area contributed by atoms with E-state index in [1.165, 1.54) is 0 Å². The van der Waals surface area contributed by atoms with Crippen molar-refractivity contribution in [2.24, 2.45) is 0 Å². The lowest BCUT2D eigenvalue weighted by atomic mass is 10.2. The number of nitrogens with zero attached hydrogens (tertiary/aromatic N) is 1. The van der Waals surface area contributed by atoms with E-state index < -0.39 is 16.1 Å². The quantitative estimate of drug-likeness (QED) is 0.853. The van der Waals surface area contributed by atoms with Crippen molar-refractivity contribution in [2.75, 3.05) is 24.6 Å². The number of hydrogen-bond donors (Lipinski definition) is 1. The summed E-state index contributed by atoms with van der Waals surface area (Å²) in [6.45, 7) is 6.02. The third-order valence-corrected chi connectivity index (χ3v) is 6.18. The van der Waals surface area contributed by atoms with Crippen molar-refractivity contribution in [3.8, 4) is 0 Å². The Bertz CT molecular complexity index is 939. The van der Waals surface area contributed by atoms with E-state index in [4.69, 9.17) is 4.74 Å². The smallest absolute Gasteiger partial charge is 0.253 e. The van der Waals surface area contributed by atoms with E-state index in [-0.39, 0.29) is 24.0 Å². The molecular weight excluding hydrogens is 364 g/mol. The first-order chi connectivity index (χ1) is 12.8. The summed E-state index contributed by atoms with van der Waals surface area (Å²) in [5.74, 6) is -0.132. The van der Waals surface area contributed by atoms with Crippen molar-refractivity contribution in [3.05, 3.63) is 59.2 Å². The van der Waals surface area contributed by atoms with Gasteiger partial charge in [-0.3, -0.25) is 4.79 Å². The van der Waals surface area contributed by atoms with Gasteiger partial charge in [-0.05, 0) is 44.5 Å². The molecule has 0 radical (unpaired) electrons.